The zero-order valence-corrected chi connectivity index (χ0v) is 19.4. The summed E-state index contributed by atoms with van der Waals surface area (Å²) in [6.07, 6.45) is 3.98. The number of thioether (sulfide) groups is 3. The van der Waals surface area contributed by atoms with Crippen molar-refractivity contribution in [2.45, 2.75) is 50.0 Å². The monoisotopic (exact) mass is 438 g/mol. The van der Waals surface area contributed by atoms with Gasteiger partial charge in [0.2, 0.25) is 10.2 Å². The molecule has 0 spiro atoms. The Morgan fingerprint density at radius 3 is 1.40 bits per heavy atom. The topological polar surface area (TPSA) is 34.1 Å². The SMILES string of the molecule is C=C(C)C(=O)SCCC(S)CCSCCC(S)CCSC(=O)C(=C)C. The molecular weight excluding hydrogens is 409 g/mol. The Morgan fingerprint density at radius 2 is 1.08 bits per heavy atom. The third-order valence-electron chi connectivity index (χ3n) is 3.26. The van der Waals surface area contributed by atoms with Crippen LogP contribution in [0.5, 0.6) is 0 Å². The van der Waals surface area contributed by atoms with Crippen LogP contribution in [0.3, 0.4) is 0 Å². The zero-order chi connectivity index (χ0) is 19.2. The van der Waals surface area contributed by atoms with Gasteiger partial charge in [-0.25, -0.2) is 0 Å². The average molecular weight is 439 g/mol. The Morgan fingerprint density at radius 1 is 0.760 bits per heavy atom. The predicted molar refractivity (Wildman–Crippen MR) is 126 cm³/mol. The van der Waals surface area contributed by atoms with Gasteiger partial charge in [-0.3, -0.25) is 9.59 Å². The molecule has 0 radical (unpaired) electrons. The minimum absolute atomic E-state index is 0.0813. The lowest BCUT2D eigenvalue weighted by molar-refractivity contribution is -0.108. The van der Waals surface area contributed by atoms with Crippen LogP contribution >= 0.6 is 60.5 Å². The van der Waals surface area contributed by atoms with E-state index in [4.69, 9.17) is 0 Å². The van der Waals surface area contributed by atoms with Crippen LogP contribution in [0.25, 0.3) is 0 Å². The molecule has 2 nitrogen and oxygen atoms in total. The summed E-state index contributed by atoms with van der Waals surface area (Å²) in [6, 6.07) is 0. The molecule has 0 amide bonds. The van der Waals surface area contributed by atoms with E-state index in [1.165, 1.54) is 23.5 Å². The summed E-state index contributed by atoms with van der Waals surface area (Å²) in [7, 11) is 0. The van der Waals surface area contributed by atoms with Crippen molar-refractivity contribution >= 4 is 70.8 Å². The Kier molecular flexibility index (Phi) is 16.0. The maximum absolute atomic E-state index is 11.4. The van der Waals surface area contributed by atoms with Gasteiger partial charge in [0.1, 0.15) is 0 Å². The third-order valence-corrected chi connectivity index (χ3v) is 7.44. The molecule has 0 N–H and O–H groups in total. The van der Waals surface area contributed by atoms with Crippen molar-refractivity contribution in [3.8, 4) is 0 Å². The standard InChI is InChI=1S/C18H30O2S5/c1-13(2)17(19)24-11-7-15(21)5-9-23-10-6-16(22)8-12-25-18(20)14(3)4/h15-16,21-22H,1,3,5-12H2,2,4H3. The summed E-state index contributed by atoms with van der Waals surface area (Å²) in [5, 5.41) is 0.847. The highest BCUT2D eigenvalue weighted by Gasteiger charge is 2.09. The van der Waals surface area contributed by atoms with Gasteiger partial charge in [-0.15, -0.1) is 0 Å². The fourth-order valence-electron chi connectivity index (χ4n) is 1.65. The van der Waals surface area contributed by atoms with Gasteiger partial charge < -0.3 is 0 Å². The molecule has 0 saturated heterocycles. The van der Waals surface area contributed by atoms with E-state index in [1.54, 1.807) is 13.8 Å². The molecule has 0 aliphatic carbocycles. The lowest BCUT2D eigenvalue weighted by Gasteiger charge is -2.12. The molecule has 0 aromatic heterocycles. The van der Waals surface area contributed by atoms with E-state index in [0.717, 1.165) is 48.7 Å². The van der Waals surface area contributed by atoms with Crippen molar-refractivity contribution < 1.29 is 9.59 Å². The Bertz CT molecular complexity index is 411. The van der Waals surface area contributed by atoms with E-state index < -0.39 is 0 Å². The lowest BCUT2D eigenvalue weighted by atomic mass is 10.3. The lowest BCUT2D eigenvalue weighted by Crippen LogP contribution is -2.06. The van der Waals surface area contributed by atoms with Crippen molar-refractivity contribution in [2.24, 2.45) is 0 Å². The van der Waals surface area contributed by atoms with Crippen LogP contribution in [0.2, 0.25) is 0 Å². The maximum Gasteiger partial charge on any atom is 0.214 e. The van der Waals surface area contributed by atoms with Crippen molar-refractivity contribution in [1.82, 2.24) is 0 Å². The molecule has 2 atom stereocenters. The van der Waals surface area contributed by atoms with E-state index in [9.17, 15) is 9.59 Å². The molecule has 0 rings (SSSR count). The highest BCUT2D eigenvalue weighted by atomic mass is 32.2. The van der Waals surface area contributed by atoms with Gasteiger partial charge in [-0.2, -0.15) is 37.0 Å². The Hall–Kier alpha value is 0.570. The van der Waals surface area contributed by atoms with Gasteiger partial charge >= 0.3 is 0 Å². The van der Waals surface area contributed by atoms with Gasteiger partial charge in [0.05, 0.1) is 0 Å². The van der Waals surface area contributed by atoms with E-state index in [0.29, 0.717) is 21.6 Å². The molecule has 0 bridgehead atoms. The van der Waals surface area contributed by atoms with Crippen LogP contribution in [-0.2, 0) is 9.59 Å². The summed E-state index contributed by atoms with van der Waals surface area (Å²) in [5.41, 5.74) is 1.22. The fraction of sp³-hybridized carbons (Fsp3) is 0.667. The van der Waals surface area contributed by atoms with Crippen molar-refractivity contribution in [3.63, 3.8) is 0 Å². The molecule has 0 aliphatic heterocycles. The van der Waals surface area contributed by atoms with E-state index in [1.807, 2.05) is 11.8 Å². The largest absolute Gasteiger partial charge is 0.282 e. The molecular formula is C18H30O2S5. The van der Waals surface area contributed by atoms with Gasteiger partial charge in [-0.1, -0.05) is 36.7 Å². The minimum Gasteiger partial charge on any atom is -0.282 e. The highest BCUT2D eigenvalue weighted by molar-refractivity contribution is 8.14. The summed E-state index contributed by atoms with van der Waals surface area (Å²) < 4.78 is 0. The van der Waals surface area contributed by atoms with E-state index >= 15 is 0 Å². The van der Waals surface area contributed by atoms with Crippen LogP contribution in [0.4, 0.5) is 0 Å². The molecule has 2 unspecified atom stereocenters. The first-order chi connectivity index (χ1) is 11.7. The number of thiol groups is 2. The quantitative estimate of drug-likeness (QED) is 0.211. The maximum atomic E-state index is 11.4. The first-order valence-electron chi connectivity index (χ1n) is 8.33. The van der Waals surface area contributed by atoms with Gasteiger partial charge in [0.15, 0.2) is 0 Å². The molecule has 0 heterocycles. The number of hydrogen-bond acceptors (Lipinski definition) is 7. The molecule has 0 saturated carbocycles. The van der Waals surface area contributed by atoms with Crippen molar-refractivity contribution in [2.75, 3.05) is 23.0 Å². The second-order valence-corrected chi connectivity index (χ2v) is 10.7. The van der Waals surface area contributed by atoms with Crippen LogP contribution in [0.1, 0.15) is 39.5 Å². The number of carbonyl (C=O) groups is 2. The second-order valence-electron chi connectivity index (χ2n) is 5.91. The Balaban J connectivity index is 3.55. The molecule has 0 aromatic carbocycles. The number of hydrogen-bond donors (Lipinski definition) is 2. The van der Waals surface area contributed by atoms with E-state index in [-0.39, 0.29) is 10.2 Å². The highest BCUT2D eigenvalue weighted by Crippen LogP contribution is 2.20. The van der Waals surface area contributed by atoms with Crippen LogP contribution in [0, 0.1) is 0 Å². The van der Waals surface area contributed by atoms with Gasteiger partial charge in [0.25, 0.3) is 0 Å². The van der Waals surface area contributed by atoms with Crippen molar-refractivity contribution in [3.05, 3.63) is 24.3 Å². The molecule has 0 fully saturated rings. The molecule has 144 valence electrons. The van der Waals surface area contributed by atoms with Crippen molar-refractivity contribution in [1.29, 1.82) is 0 Å². The van der Waals surface area contributed by atoms with Crippen LogP contribution in [0.15, 0.2) is 24.3 Å². The molecule has 25 heavy (non-hydrogen) atoms. The van der Waals surface area contributed by atoms with Crippen LogP contribution in [-0.4, -0.2) is 43.7 Å². The molecule has 0 aliphatic rings. The minimum atomic E-state index is 0.0813. The van der Waals surface area contributed by atoms with E-state index in [2.05, 4.69) is 38.4 Å². The normalized spacial score (nSPS) is 13.3. The fourth-order valence-corrected chi connectivity index (χ4v) is 5.64. The van der Waals surface area contributed by atoms with Crippen LogP contribution < -0.4 is 0 Å². The molecule has 7 heteroatoms. The number of carbonyl (C=O) groups excluding carboxylic acids is 2. The molecule has 0 aromatic rings. The summed E-state index contributed by atoms with van der Waals surface area (Å²) in [5.74, 6) is 3.78. The van der Waals surface area contributed by atoms with Gasteiger partial charge in [-0.05, 0) is 62.2 Å². The van der Waals surface area contributed by atoms with Gasteiger partial charge in [0, 0.05) is 22.0 Å². The third kappa shape index (κ3) is 15.3. The summed E-state index contributed by atoms with van der Waals surface area (Å²) in [4.78, 5) is 22.9. The smallest absolute Gasteiger partial charge is 0.214 e. The second kappa shape index (κ2) is 15.6. The summed E-state index contributed by atoms with van der Waals surface area (Å²) in [6.45, 7) is 10.8. The Labute approximate surface area is 177 Å². The number of rotatable bonds is 14. The predicted octanol–water partition coefficient (Wildman–Crippen LogP) is 5.55. The first kappa shape index (κ1) is 25.6. The zero-order valence-electron chi connectivity index (χ0n) is 15.2. The first-order valence-corrected chi connectivity index (χ1v) is 12.5. The average Bonchev–Trinajstić information content (AvgIpc) is 2.53. The summed E-state index contributed by atoms with van der Waals surface area (Å²) >= 11 is 13.8.